The van der Waals surface area contributed by atoms with Gasteiger partial charge in [-0.25, -0.2) is 13.5 Å². The van der Waals surface area contributed by atoms with Gasteiger partial charge >= 0.3 is 0 Å². The highest BCUT2D eigenvalue weighted by molar-refractivity contribution is 6.12. The van der Waals surface area contributed by atoms with Crippen molar-refractivity contribution in [2.24, 2.45) is 0 Å². The smallest absolute Gasteiger partial charge is 0.214 e. The molecule has 1 aliphatic rings. The van der Waals surface area contributed by atoms with Gasteiger partial charge in [0.2, 0.25) is 5.78 Å². The summed E-state index contributed by atoms with van der Waals surface area (Å²) >= 11 is 0. The Morgan fingerprint density at radius 2 is 1.78 bits per heavy atom. The van der Waals surface area contributed by atoms with Crippen LogP contribution in [-0.4, -0.2) is 44.6 Å². The maximum absolute atomic E-state index is 15.1. The van der Waals surface area contributed by atoms with Crippen molar-refractivity contribution in [1.29, 1.82) is 0 Å². The van der Waals surface area contributed by atoms with Crippen LogP contribution in [0.1, 0.15) is 54.2 Å². The number of hydrogen-bond acceptors (Lipinski definition) is 5. The maximum Gasteiger partial charge on any atom is 0.214 e. The number of aromatic nitrogens is 3. The van der Waals surface area contributed by atoms with E-state index in [1.165, 1.54) is 29.1 Å². The van der Waals surface area contributed by atoms with E-state index in [9.17, 15) is 9.18 Å². The molecule has 7 nitrogen and oxygen atoms in total. The Morgan fingerprint density at radius 3 is 2.49 bits per heavy atom. The first-order valence-electron chi connectivity index (χ1n) is 13.7. The monoisotopic (exact) mass is 555 g/mol. The van der Waals surface area contributed by atoms with Gasteiger partial charge in [-0.1, -0.05) is 6.07 Å². The number of nitrogens with one attached hydrogen (secondary N) is 1. The zero-order chi connectivity index (χ0) is 28.7. The lowest BCUT2D eigenvalue weighted by Crippen LogP contribution is -2.37. The molecule has 3 N–H and O–H groups in total. The van der Waals surface area contributed by atoms with Crippen molar-refractivity contribution in [2.45, 2.75) is 38.6 Å². The molecule has 1 fully saturated rings. The summed E-state index contributed by atoms with van der Waals surface area (Å²) in [4.78, 5) is 18.9. The first-order chi connectivity index (χ1) is 19.8. The van der Waals surface area contributed by atoms with Gasteiger partial charge in [0, 0.05) is 23.0 Å². The molecule has 5 aromatic rings. The van der Waals surface area contributed by atoms with Crippen molar-refractivity contribution < 1.29 is 18.3 Å². The van der Waals surface area contributed by atoms with Crippen LogP contribution >= 0.6 is 0 Å². The van der Waals surface area contributed by atoms with E-state index in [0.717, 1.165) is 31.3 Å². The average Bonchev–Trinajstić information content (AvgIpc) is 3.56. The van der Waals surface area contributed by atoms with Gasteiger partial charge in [0.1, 0.15) is 29.0 Å². The number of ketones is 1. The maximum atomic E-state index is 15.1. The number of nitrogens with two attached hydrogens (primary N) is 1. The molecule has 1 saturated heterocycles. The molecule has 0 bridgehead atoms. The van der Waals surface area contributed by atoms with Crippen molar-refractivity contribution in [1.82, 2.24) is 19.7 Å². The molecule has 0 atom stereocenters. The van der Waals surface area contributed by atoms with Crippen LogP contribution in [0.15, 0.2) is 72.9 Å². The van der Waals surface area contributed by atoms with E-state index in [1.807, 2.05) is 6.07 Å². The van der Waals surface area contributed by atoms with Gasteiger partial charge in [-0.2, -0.15) is 5.10 Å². The summed E-state index contributed by atoms with van der Waals surface area (Å²) < 4.78 is 35.7. The second-order valence-electron chi connectivity index (χ2n) is 10.8. The van der Waals surface area contributed by atoms with E-state index in [1.54, 1.807) is 42.5 Å². The Morgan fingerprint density at radius 1 is 1.02 bits per heavy atom. The molecule has 0 amide bonds. The molecule has 6 rings (SSSR count). The predicted octanol–water partition coefficient (Wildman–Crippen LogP) is 6.83. The Balaban J connectivity index is 1.20. The number of H-pyrrole nitrogens is 1. The molecule has 3 heterocycles. The van der Waals surface area contributed by atoms with Crippen LogP contribution in [0.2, 0.25) is 0 Å². The number of nitrogen functional groups attached to an aromatic ring is 1. The number of piperidine rings is 1. The number of benzene rings is 3. The molecule has 1 aliphatic heterocycles. The quantitative estimate of drug-likeness (QED) is 0.215. The van der Waals surface area contributed by atoms with Gasteiger partial charge in [-0.15, -0.1) is 0 Å². The Labute approximate surface area is 236 Å². The molecule has 210 valence electrons. The van der Waals surface area contributed by atoms with Gasteiger partial charge in [-0.05, 0) is 106 Å². The Kier molecular flexibility index (Phi) is 7.05. The minimum atomic E-state index is -0.386. The van der Waals surface area contributed by atoms with Crippen LogP contribution in [0.3, 0.4) is 0 Å². The van der Waals surface area contributed by atoms with Gasteiger partial charge in [-0.3, -0.25) is 4.79 Å². The number of fused-ring (bicyclic) bond motifs is 1. The lowest BCUT2D eigenvalue weighted by Gasteiger charge is -2.34. The highest BCUT2D eigenvalue weighted by Gasteiger charge is 2.25. The summed E-state index contributed by atoms with van der Waals surface area (Å²) in [5.41, 5.74) is 8.80. The molecule has 0 unspecified atom stereocenters. The molecule has 9 heteroatoms. The van der Waals surface area contributed by atoms with Gasteiger partial charge in [0.15, 0.2) is 0 Å². The first kappa shape index (κ1) is 26.7. The van der Waals surface area contributed by atoms with Gasteiger partial charge in [0.25, 0.3) is 0 Å². The minimum Gasteiger partial charge on any atom is -0.457 e. The number of anilines is 1. The minimum absolute atomic E-state index is 0.156. The van der Waals surface area contributed by atoms with E-state index in [-0.39, 0.29) is 34.7 Å². The SMILES string of the molecule is CC(C)N1CCC(c2cc3cc(C(=O)c4cnn(-c5ccc(Oc6cccc(F)c6)cc5)c4N)[nH]c3cc2F)CC1. The Bertz CT molecular complexity index is 1720. The summed E-state index contributed by atoms with van der Waals surface area (Å²) in [7, 11) is 0. The van der Waals surface area contributed by atoms with Crippen LogP contribution in [0.4, 0.5) is 14.6 Å². The number of carbonyl (C=O) groups excluding carboxylic acids is 1. The summed E-state index contributed by atoms with van der Waals surface area (Å²) in [6.07, 6.45) is 3.24. The normalized spacial score (nSPS) is 14.7. The average molecular weight is 556 g/mol. The molecule has 41 heavy (non-hydrogen) atoms. The van der Waals surface area contributed by atoms with Gasteiger partial charge < -0.3 is 20.4 Å². The number of likely N-dealkylation sites (tertiary alicyclic amines) is 1. The van der Waals surface area contributed by atoms with E-state index < -0.39 is 0 Å². The molecule has 0 saturated carbocycles. The molecule has 0 spiro atoms. The molecular formula is C32H31F2N5O2. The number of ether oxygens (including phenoxy) is 1. The fraction of sp³-hybridized carbons (Fsp3) is 0.250. The third-order valence-electron chi connectivity index (χ3n) is 7.85. The lowest BCUT2D eigenvalue weighted by molar-refractivity contribution is 0.103. The summed E-state index contributed by atoms with van der Waals surface area (Å²) in [6.45, 7) is 6.26. The topological polar surface area (TPSA) is 89.2 Å². The van der Waals surface area contributed by atoms with E-state index >= 15 is 4.39 Å². The van der Waals surface area contributed by atoms with Crippen LogP contribution in [0.25, 0.3) is 16.6 Å². The highest BCUT2D eigenvalue weighted by atomic mass is 19.1. The fourth-order valence-electron chi connectivity index (χ4n) is 5.54. The molecule has 0 radical (unpaired) electrons. The van der Waals surface area contributed by atoms with Crippen LogP contribution in [0, 0.1) is 11.6 Å². The van der Waals surface area contributed by atoms with Crippen LogP contribution in [-0.2, 0) is 0 Å². The fourth-order valence-corrected chi connectivity index (χ4v) is 5.54. The molecule has 2 aromatic heterocycles. The largest absolute Gasteiger partial charge is 0.457 e. The lowest BCUT2D eigenvalue weighted by atomic mass is 9.88. The van der Waals surface area contributed by atoms with Crippen LogP contribution < -0.4 is 10.5 Å². The zero-order valence-electron chi connectivity index (χ0n) is 22.9. The van der Waals surface area contributed by atoms with E-state index in [0.29, 0.717) is 40.0 Å². The van der Waals surface area contributed by atoms with Crippen LogP contribution in [0.5, 0.6) is 11.5 Å². The first-order valence-corrected chi connectivity index (χ1v) is 13.7. The number of hydrogen-bond donors (Lipinski definition) is 2. The number of carbonyl (C=O) groups is 1. The zero-order valence-corrected chi connectivity index (χ0v) is 22.9. The number of nitrogens with zero attached hydrogens (tertiary/aromatic N) is 3. The standard InChI is InChI=1S/C32H31F2N5O2/c1-19(2)38-12-10-20(11-13-38)26-14-21-15-30(37-29(21)17-28(26)34)31(40)27-18-36-39(32(27)35)23-6-8-24(9-7-23)41-25-5-3-4-22(33)16-25/h3-9,14-20,37H,10-13,35H2,1-2H3. The summed E-state index contributed by atoms with van der Waals surface area (Å²) in [6, 6.07) is 18.4. The van der Waals surface area contributed by atoms with Gasteiger partial charge in [0.05, 0.1) is 23.1 Å². The van der Waals surface area contributed by atoms with E-state index in [2.05, 4.69) is 28.8 Å². The van der Waals surface area contributed by atoms with Crippen molar-refractivity contribution in [3.8, 4) is 17.2 Å². The van der Waals surface area contributed by atoms with E-state index in [4.69, 9.17) is 10.5 Å². The number of rotatable bonds is 7. The second kappa shape index (κ2) is 10.8. The summed E-state index contributed by atoms with van der Waals surface area (Å²) in [5.74, 6) is 0.257. The molecular weight excluding hydrogens is 524 g/mol. The second-order valence-corrected chi connectivity index (χ2v) is 10.8. The third kappa shape index (κ3) is 5.32. The van der Waals surface area contributed by atoms with Crippen molar-refractivity contribution in [3.05, 3.63) is 101 Å². The Hall–Kier alpha value is -4.50. The molecule has 3 aromatic carbocycles. The number of halogens is 2. The van der Waals surface area contributed by atoms with Crippen molar-refractivity contribution in [2.75, 3.05) is 18.8 Å². The number of aromatic amines is 1. The summed E-state index contributed by atoms with van der Waals surface area (Å²) in [5, 5.41) is 5.11. The van der Waals surface area contributed by atoms with Crippen molar-refractivity contribution in [3.63, 3.8) is 0 Å². The predicted molar refractivity (Wildman–Crippen MR) is 155 cm³/mol. The van der Waals surface area contributed by atoms with Crippen molar-refractivity contribution >= 4 is 22.5 Å². The molecule has 0 aliphatic carbocycles. The third-order valence-corrected chi connectivity index (χ3v) is 7.85. The highest BCUT2D eigenvalue weighted by Crippen LogP contribution is 2.34.